The maximum Gasteiger partial charge on any atom is 0.308 e. The molecule has 1 fully saturated rings. The SMILES string of the molecule is COC(=O)C1CC(S)CC(C(=O)O)C1. The van der Waals surface area contributed by atoms with Crippen LogP contribution in [-0.2, 0) is 14.3 Å². The molecule has 0 heterocycles. The first-order valence-corrected chi connectivity index (χ1v) is 5.05. The minimum atomic E-state index is -0.849. The number of hydrogen-bond donors (Lipinski definition) is 2. The van der Waals surface area contributed by atoms with Crippen LogP contribution in [0.25, 0.3) is 0 Å². The number of carbonyl (C=O) groups is 2. The fourth-order valence-corrected chi connectivity index (χ4v) is 2.36. The lowest BCUT2D eigenvalue weighted by molar-refractivity contribution is -0.150. The summed E-state index contributed by atoms with van der Waals surface area (Å²) in [7, 11) is 1.32. The molecule has 4 nitrogen and oxygen atoms in total. The van der Waals surface area contributed by atoms with Crippen LogP contribution in [0.5, 0.6) is 0 Å². The average molecular weight is 218 g/mol. The van der Waals surface area contributed by atoms with Crippen molar-refractivity contribution in [3.8, 4) is 0 Å². The van der Waals surface area contributed by atoms with Gasteiger partial charge >= 0.3 is 11.9 Å². The van der Waals surface area contributed by atoms with Crippen LogP contribution in [0.1, 0.15) is 19.3 Å². The molecule has 0 aromatic rings. The molecule has 0 radical (unpaired) electrons. The number of carbonyl (C=O) groups excluding carboxylic acids is 1. The van der Waals surface area contributed by atoms with Crippen LogP contribution in [0.4, 0.5) is 0 Å². The number of hydrogen-bond acceptors (Lipinski definition) is 4. The molecule has 1 saturated carbocycles. The molecular formula is C9H14O4S. The normalized spacial score (nSPS) is 32.3. The molecule has 14 heavy (non-hydrogen) atoms. The second-order valence-corrected chi connectivity index (χ2v) is 4.35. The maximum absolute atomic E-state index is 11.2. The summed E-state index contributed by atoms with van der Waals surface area (Å²) in [5.41, 5.74) is 0. The molecule has 80 valence electrons. The van der Waals surface area contributed by atoms with Gasteiger partial charge in [-0.2, -0.15) is 12.6 Å². The summed E-state index contributed by atoms with van der Waals surface area (Å²) in [6.07, 6.45) is 1.52. The lowest BCUT2D eigenvalue weighted by Crippen LogP contribution is -2.32. The smallest absolute Gasteiger partial charge is 0.308 e. The van der Waals surface area contributed by atoms with Gasteiger partial charge in [0.2, 0.25) is 0 Å². The highest BCUT2D eigenvalue weighted by Crippen LogP contribution is 2.32. The summed E-state index contributed by atoms with van der Waals surface area (Å²) in [6.45, 7) is 0. The van der Waals surface area contributed by atoms with E-state index in [0.29, 0.717) is 19.3 Å². The van der Waals surface area contributed by atoms with E-state index in [4.69, 9.17) is 5.11 Å². The molecule has 3 unspecified atom stereocenters. The minimum Gasteiger partial charge on any atom is -0.481 e. The van der Waals surface area contributed by atoms with Crippen LogP contribution >= 0.6 is 12.6 Å². The molecular weight excluding hydrogens is 204 g/mol. The first-order chi connectivity index (χ1) is 6.54. The van der Waals surface area contributed by atoms with Crippen LogP contribution in [0.15, 0.2) is 0 Å². The number of carboxylic acid groups (broad SMARTS) is 1. The van der Waals surface area contributed by atoms with Gasteiger partial charge in [-0.25, -0.2) is 0 Å². The Morgan fingerprint density at radius 2 is 1.86 bits per heavy atom. The van der Waals surface area contributed by atoms with Crippen molar-refractivity contribution >= 4 is 24.6 Å². The second kappa shape index (κ2) is 4.68. The zero-order valence-corrected chi connectivity index (χ0v) is 8.87. The van der Waals surface area contributed by atoms with Crippen molar-refractivity contribution in [2.45, 2.75) is 24.5 Å². The lowest BCUT2D eigenvalue weighted by Gasteiger charge is -2.28. The van der Waals surface area contributed by atoms with Crippen molar-refractivity contribution in [1.29, 1.82) is 0 Å². The van der Waals surface area contributed by atoms with Gasteiger partial charge in [0.1, 0.15) is 0 Å². The van der Waals surface area contributed by atoms with Crippen LogP contribution in [0, 0.1) is 11.8 Å². The van der Waals surface area contributed by atoms with Crippen molar-refractivity contribution < 1.29 is 19.4 Å². The Labute approximate surface area is 88.0 Å². The highest BCUT2D eigenvalue weighted by molar-refractivity contribution is 7.80. The summed E-state index contributed by atoms with van der Waals surface area (Å²) in [6, 6.07) is 0. The third-order valence-corrected chi connectivity index (χ3v) is 2.99. The molecule has 1 aliphatic carbocycles. The van der Waals surface area contributed by atoms with Gasteiger partial charge in [-0.1, -0.05) is 0 Å². The zero-order chi connectivity index (χ0) is 10.7. The number of rotatable bonds is 2. The first kappa shape index (κ1) is 11.4. The third-order valence-electron chi connectivity index (χ3n) is 2.57. The molecule has 0 aliphatic heterocycles. The zero-order valence-electron chi connectivity index (χ0n) is 7.97. The molecule has 0 spiro atoms. The molecule has 1 N–H and O–H groups in total. The molecule has 3 atom stereocenters. The number of methoxy groups -OCH3 is 1. The molecule has 0 aromatic heterocycles. The van der Waals surface area contributed by atoms with Gasteiger partial charge in [0, 0.05) is 5.25 Å². The van der Waals surface area contributed by atoms with Crippen LogP contribution in [0.2, 0.25) is 0 Å². The first-order valence-electron chi connectivity index (χ1n) is 4.53. The highest BCUT2D eigenvalue weighted by Gasteiger charge is 2.35. The Bertz CT molecular complexity index is 241. The van der Waals surface area contributed by atoms with E-state index >= 15 is 0 Å². The molecule has 0 saturated heterocycles. The average Bonchev–Trinajstić information content (AvgIpc) is 2.15. The van der Waals surface area contributed by atoms with E-state index in [9.17, 15) is 9.59 Å². The van der Waals surface area contributed by atoms with Gasteiger partial charge < -0.3 is 9.84 Å². The van der Waals surface area contributed by atoms with Gasteiger partial charge in [0.15, 0.2) is 0 Å². The van der Waals surface area contributed by atoms with Gasteiger partial charge in [0.25, 0.3) is 0 Å². The Morgan fingerprint density at radius 1 is 1.29 bits per heavy atom. The Kier molecular flexibility index (Phi) is 3.80. The predicted octanol–water partition coefficient (Wildman–Crippen LogP) is 0.959. The van der Waals surface area contributed by atoms with Gasteiger partial charge in [-0.3, -0.25) is 9.59 Å². The lowest BCUT2D eigenvalue weighted by atomic mass is 9.81. The molecule has 0 bridgehead atoms. The van der Waals surface area contributed by atoms with Crippen LogP contribution in [0.3, 0.4) is 0 Å². The summed E-state index contributed by atoms with van der Waals surface area (Å²) in [5, 5.41) is 8.82. The summed E-state index contributed by atoms with van der Waals surface area (Å²) in [4.78, 5) is 22.0. The van der Waals surface area contributed by atoms with Crippen molar-refractivity contribution in [1.82, 2.24) is 0 Å². The van der Waals surface area contributed by atoms with Crippen molar-refractivity contribution in [2.75, 3.05) is 7.11 Å². The maximum atomic E-state index is 11.2. The third kappa shape index (κ3) is 2.64. The topological polar surface area (TPSA) is 63.6 Å². The van der Waals surface area contributed by atoms with E-state index in [1.165, 1.54) is 7.11 Å². The van der Waals surface area contributed by atoms with E-state index in [1.807, 2.05) is 0 Å². The summed E-state index contributed by atoms with van der Waals surface area (Å²) >= 11 is 4.24. The van der Waals surface area contributed by atoms with Crippen LogP contribution in [-0.4, -0.2) is 29.4 Å². The fourth-order valence-electron chi connectivity index (χ4n) is 1.85. The number of esters is 1. The molecule has 1 aliphatic rings. The minimum absolute atomic E-state index is 0.0195. The molecule has 0 aromatic carbocycles. The molecule has 5 heteroatoms. The Hall–Kier alpha value is -0.710. The highest BCUT2D eigenvalue weighted by atomic mass is 32.1. The number of ether oxygens (including phenoxy) is 1. The van der Waals surface area contributed by atoms with E-state index < -0.39 is 11.9 Å². The predicted molar refractivity (Wildman–Crippen MR) is 53.3 cm³/mol. The second-order valence-electron chi connectivity index (χ2n) is 3.62. The van der Waals surface area contributed by atoms with Crippen molar-refractivity contribution in [3.05, 3.63) is 0 Å². The van der Waals surface area contributed by atoms with Crippen LogP contribution < -0.4 is 0 Å². The van der Waals surface area contributed by atoms with Crippen molar-refractivity contribution in [2.24, 2.45) is 11.8 Å². The number of carboxylic acids is 1. The summed E-state index contributed by atoms with van der Waals surface area (Å²) in [5.74, 6) is -1.94. The van der Waals surface area contributed by atoms with E-state index in [-0.39, 0.29) is 17.1 Å². The number of aliphatic carboxylic acids is 1. The quantitative estimate of drug-likeness (QED) is 0.535. The fraction of sp³-hybridized carbons (Fsp3) is 0.778. The van der Waals surface area contributed by atoms with Gasteiger partial charge in [-0.05, 0) is 19.3 Å². The van der Waals surface area contributed by atoms with E-state index in [0.717, 1.165) is 0 Å². The van der Waals surface area contributed by atoms with Gasteiger partial charge in [-0.15, -0.1) is 0 Å². The van der Waals surface area contributed by atoms with E-state index in [1.54, 1.807) is 0 Å². The standard InChI is InChI=1S/C9H14O4S/c1-13-9(12)6-2-5(8(10)11)3-7(14)4-6/h5-7,14H,2-4H2,1H3,(H,10,11). The van der Waals surface area contributed by atoms with Crippen molar-refractivity contribution in [3.63, 3.8) is 0 Å². The summed E-state index contributed by atoms with van der Waals surface area (Å²) < 4.78 is 4.60. The monoisotopic (exact) mass is 218 g/mol. The largest absolute Gasteiger partial charge is 0.481 e. The Morgan fingerprint density at radius 3 is 2.36 bits per heavy atom. The molecule has 0 amide bonds. The molecule has 1 rings (SSSR count). The van der Waals surface area contributed by atoms with E-state index in [2.05, 4.69) is 17.4 Å². The van der Waals surface area contributed by atoms with Gasteiger partial charge in [0.05, 0.1) is 18.9 Å². The Balaban J connectivity index is 2.62. The number of thiol groups is 1.